The van der Waals surface area contributed by atoms with Crippen LogP contribution in [0, 0.1) is 6.92 Å². The van der Waals surface area contributed by atoms with Gasteiger partial charge in [0.05, 0.1) is 11.1 Å². The lowest BCUT2D eigenvalue weighted by Gasteiger charge is -2.20. The Morgan fingerprint density at radius 1 is 1.29 bits per heavy atom. The number of amides is 1. The van der Waals surface area contributed by atoms with Gasteiger partial charge in [-0.15, -0.1) is 11.6 Å². The van der Waals surface area contributed by atoms with E-state index < -0.39 is 0 Å². The van der Waals surface area contributed by atoms with Crippen molar-refractivity contribution in [2.45, 2.75) is 18.7 Å². The van der Waals surface area contributed by atoms with Crippen LogP contribution in [0.5, 0.6) is 5.75 Å². The number of carbonyl (C=O) groups excluding carboxylic acids is 1. The van der Waals surface area contributed by atoms with Crippen molar-refractivity contribution in [3.63, 3.8) is 0 Å². The minimum Gasteiger partial charge on any atom is -0.482 e. The van der Waals surface area contributed by atoms with Gasteiger partial charge < -0.3 is 10.1 Å². The molecule has 1 atom stereocenters. The molecule has 0 saturated carbocycles. The largest absolute Gasteiger partial charge is 0.482 e. The second-order valence-corrected chi connectivity index (χ2v) is 5.72. The molecule has 1 aliphatic rings. The summed E-state index contributed by atoms with van der Waals surface area (Å²) in [5.74, 6) is 0.558. The van der Waals surface area contributed by atoms with E-state index in [4.69, 9.17) is 16.3 Å². The first-order chi connectivity index (χ1) is 10.1. The highest BCUT2D eigenvalue weighted by molar-refractivity contribution is 6.21. The fraction of sp³-hybridized carbons (Fsp3) is 0.235. The first kappa shape index (κ1) is 14.0. The van der Waals surface area contributed by atoms with E-state index in [9.17, 15) is 4.79 Å². The Hall–Kier alpha value is -2.00. The summed E-state index contributed by atoms with van der Waals surface area (Å²) in [5.41, 5.74) is 4.14. The molecule has 1 amide bonds. The van der Waals surface area contributed by atoms with Gasteiger partial charge in [0, 0.05) is 0 Å². The molecular formula is C17H16ClNO2. The average Bonchev–Trinajstić information content (AvgIpc) is 2.48. The van der Waals surface area contributed by atoms with Crippen molar-refractivity contribution < 1.29 is 9.53 Å². The summed E-state index contributed by atoms with van der Waals surface area (Å²) < 4.78 is 5.35. The van der Waals surface area contributed by atoms with Crippen LogP contribution in [0.4, 0.5) is 5.69 Å². The number of benzene rings is 2. The van der Waals surface area contributed by atoms with Gasteiger partial charge in [-0.1, -0.05) is 30.3 Å². The van der Waals surface area contributed by atoms with Crippen LogP contribution >= 0.6 is 11.6 Å². The maximum atomic E-state index is 11.4. The van der Waals surface area contributed by atoms with Crippen molar-refractivity contribution in [3.05, 3.63) is 59.2 Å². The number of ether oxygens (including phenoxy) is 1. The Morgan fingerprint density at radius 2 is 2.10 bits per heavy atom. The van der Waals surface area contributed by atoms with Gasteiger partial charge in [0.15, 0.2) is 6.61 Å². The molecule has 2 aromatic carbocycles. The van der Waals surface area contributed by atoms with Gasteiger partial charge in [0.25, 0.3) is 5.91 Å². The van der Waals surface area contributed by atoms with E-state index in [2.05, 4.69) is 24.4 Å². The van der Waals surface area contributed by atoms with E-state index >= 15 is 0 Å². The molecular weight excluding hydrogens is 286 g/mol. The van der Waals surface area contributed by atoms with Gasteiger partial charge in [0.1, 0.15) is 5.75 Å². The van der Waals surface area contributed by atoms with Crippen molar-refractivity contribution >= 4 is 23.2 Å². The number of alkyl halides is 1. The van der Waals surface area contributed by atoms with Crippen molar-refractivity contribution in [1.29, 1.82) is 0 Å². The third-order valence-corrected chi connectivity index (χ3v) is 4.06. The molecule has 0 bridgehead atoms. The number of halogens is 1. The predicted octanol–water partition coefficient (Wildman–Crippen LogP) is 3.85. The van der Waals surface area contributed by atoms with Gasteiger partial charge in [-0.05, 0) is 42.2 Å². The van der Waals surface area contributed by atoms with Gasteiger partial charge in [-0.2, -0.15) is 0 Å². The third-order valence-electron chi connectivity index (χ3n) is 3.66. The number of carbonyl (C=O) groups is 1. The van der Waals surface area contributed by atoms with Crippen molar-refractivity contribution in [3.8, 4) is 5.75 Å². The Bertz CT molecular complexity index is 684. The highest BCUT2D eigenvalue weighted by atomic mass is 35.5. The minimum absolute atomic E-state index is 0.0693. The number of aryl methyl sites for hydroxylation is 1. The van der Waals surface area contributed by atoms with Gasteiger partial charge in [-0.3, -0.25) is 4.79 Å². The van der Waals surface area contributed by atoms with Crippen molar-refractivity contribution in [2.75, 3.05) is 11.9 Å². The lowest BCUT2D eigenvalue weighted by Crippen LogP contribution is -2.25. The summed E-state index contributed by atoms with van der Waals surface area (Å²) in [4.78, 5) is 11.4. The second-order valence-electron chi connectivity index (χ2n) is 5.19. The van der Waals surface area contributed by atoms with E-state index in [0.717, 1.165) is 12.0 Å². The van der Waals surface area contributed by atoms with E-state index in [0.29, 0.717) is 11.4 Å². The molecule has 0 fully saturated rings. The zero-order valence-electron chi connectivity index (χ0n) is 11.7. The molecule has 0 aromatic heterocycles. The number of rotatable bonds is 3. The van der Waals surface area contributed by atoms with E-state index in [1.54, 1.807) is 0 Å². The highest BCUT2D eigenvalue weighted by Crippen LogP contribution is 2.34. The maximum absolute atomic E-state index is 11.4. The summed E-state index contributed by atoms with van der Waals surface area (Å²) in [5, 5.41) is 2.66. The Kier molecular flexibility index (Phi) is 3.84. The molecule has 3 nitrogen and oxygen atoms in total. The van der Waals surface area contributed by atoms with Crippen molar-refractivity contribution in [1.82, 2.24) is 0 Å². The molecule has 0 saturated heterocycles. The number of fused-ring (bicyclic) bond motifs is 1. The van der Waals surface area contributed by atoms with Crippen LogP contribution in [-0.2, 0) is 11.2 Å². The second kappa shape index (κ2) is 5.78. The van der Waals surface area contributed by atoms with Crippen LogP contribution in [0.1, 0.15) is 22.1 Å². The average molecular weight is 302 g/mol. The number of hydrogen-bond donors (Lipinski definition) is 1. The molecule has 2 aromatic rings. The molecule has 1 aliphatic heterocycles. The van der Waals surface area contributed by atoms with Gasteiger partial charge in [0.2, 0.25) is 0 Å². The van der Waals surface area contributed by atoms with Crippen molar-refractivity contribution in [2.24, 2.45) is 0 Å². The molecule has 21 heavy (non-hydrogen) atoms. The maximum Gasteiger partial charge on any atom is 0.262 e. The molecule has 108 valence electrons. The summed E-state index contributed by atoms with van der Waals surface area (Å²) in [6.07, 6.45) is 0.752. The van der Waals surface area contributed by atoms with Crippen LogP contribution in [0.15, 0.2) is 42.5 Å². The number of hydrogen-bond acceptors (Lipinski definition) is 2. The summed E-state index contributed by atoms with van der Waals surface area (Å²) in [6.45, 7) is 2.15. The summed E-state index contributed by atoms with van der Waals surface area (Å²) in [6, 6.07) is 13.9. The van der Waals surface area contributed by atoms with Crippen LogP contribution in [0.3, 0.4) is 0 Å². The zero-order valence-corrected chi connectivity index (χ0v) is 12.5. The first-order valence-electron chi connectivity index (χ1n) is 6.88. The van der Waals surface area contributed by atoms with Gasteiger partial charge >= 0.3 is 0 Å². The molecule has 4 heteroatoms. The SMILES string of the molecule is Cc1ccccc1CC(Cl)c1ccc2c(c1)NC(=O)CO2. The molecule has 1 unspecified atom stereocenters. The molecule has 1 N–H and O–H groups in total. The Morgan fingerprint density at radius 3 is 2.90 bits per heavy atom. The zero-order chi connectivity index (χ0) is 14.8. The normalized spacial score (nSPS) is 14.9. The Labute approximate surface area is 128 Å². The quantitative estimate of drug-likeness (QED) is 0.875. The topological polar surface area (TPSA) is 38.3 Å². The predicted molar refractivity (Wildman–Crippen MR) is 84.0 cm³/mol. The number of anilines is 1. The highest BCUT2D eigenvalue weighted by Gasteiger charge is 2.18. The molecule has 0 spiro atoms. The lowest BCUT2D eigenvalue weighted by molar-refractivity contribution is -0.118. The summed E-state index contributed by atoms with van der Waals surface area (Å²) in [7, 11) is 0. The molecule has 0 radical (unpaired) electrons. The lowest BCUT2D eigenvalue weighted by atomic mass is 9.99. The smallest absolute Gasteiger partial charge is 0.262 e. The van der Waals surface area contributed by atoms with E-state index in [-0.39, 0.29) is 17.9 Å². The Balaban J connectivity index is 1.82. The molecule has 3 rings (SSSR count). The van der Waals surface area contributed by atoms with E-state index in [1.807, 2.05) is 30.3 Å². The van der Waals surface area contributed by atoms with Crippen LogP contribution in [0.25, 0.3) is 0 Å². The molecule has 1 heterocycles. The number of nitrogens with one attached hydrogen (secondary N) is 1. The third kappa shape index (κ3) is 3.03. The standard InChI is InChI=1S/C17H16ClNO2/c1-11-4-2-3-5-12(11)8-14(18)13-6-7-16-15(9-13)19-17(20)10-21-16/h2-7,9,14H,8,10H2,1H3,(H,19,20). The fourth-order valence-electron chi connectivity index (χ4n) is 2.45. The molecule has 0 aliphatic carbocycles. The van der Waals surface area contributed by atoms with Crippen LogP contribution < -0.4 is 10.1 Å². The fourth-order valence-corrected chi connectivity index (χ4v) is 2.75. The minimum atomic E-state index is -0.143. The summed E-state index contributed by atoms with van der Waals surface area (Å²) >= 11 is 6.54. The monoisotopic (exact) mass is 301 g/mol. The van der Waals surface area contributed by atoms with Crippen LogP contribution in [-0.4, -0.2) is 12.5 Å². The van der Waals surface area contributed by atoms with Crippen LogP contribution in [0.2, 0.25) is 0 Å². The van der Waals surface area contributed by atoms with Gasteiger partial charge in [-0.25, -0.2) is 0 Å². The van der Waals surface area contributed by atoms with E-state index in [1.165, 1.54) is 11.1 Å². The first-order valence-corrected chi connectivity index (χ1v) is 7.32.